The fourth-order valence-corrected chi connectivity index (χ4v) is 0.880. The second-order valence-electron chi connectivity index (χ2n) is 3.04. The summed E-state index contributed by atoms with van der Waals surface area (Å²) in [5.41, 5.74) is 0. The van der Waals surface area contributed by atoms with Gasteiger partial charge in [-0.1, -0.05) is 0 Å². The number of ether oxygens (including phenoxy) is 4. The van der Waals surface area contributed by atoms with Gasteiger partial charge in [0, 0.05) is 13.7 Å². The van der Waals surface area contributed by atoms with Crippen LogP contribution in [0.15, 0.2) is 0 Å². The van der Waals surface area contributed by atoms with Crippen LogP contribution >= 0.6 is 0 Å². The Balaban J connectivity index is 3.55. The van der Waals surface area contributed by atoms with Crippen LogP contribution in [0.25, 0.3) is 0 Å². The van der Waals surface area contributed by atoms with E-state index >= 15 is 0 Å². The number of carbonyl (C=O) groups is 1. The average molecular weight is 256 g/mol. The summed E-state index contributed by atoms with van der Waals surface area (Å²) >= 11 is 0. The zero-order valence-corrected chi connectivity index (χ0v) is 10.0. The van der Waals surface area contributed by atoms with Crippen molar-refractivity contribution < 1.29 is 32.5 Å². The Bertz CT molecular complexity index is 211. The Labute approximate surface area is 99.0 Å². The van der Waals surface area contributed by atoms with Crippen LogP contribution in [0.2, 0.25) is 0 Å². The highest BCUT2D eigenvalue weighted by Crippen LogP contribution is 2.17. The van der Waals surface area contributed by atoms with Crippen LogP contribution < -0.4 is 0 Å². The summed E-state index contributed by atoms with van der Waals surface area (Å²) < 4.78 is 43.8. The molecule has 0 spiro atoms. The third-order valence-corrected chi connectivity index (χ3v) is 1.66. The van der Waals surface area contributed by atoms with Gasteiger partial charge in [-0.3, -0.25) is 0 Å². The molecule has 0 saturated heterocycles. The Morgan fingerprint density at radius 2 is 1.88 bits per heavy atom. The largest absolute Gasteiger partial charge is 0.460 e. The highest BCUT2D eigenvalue weighted by molar-refractivity contribution is 5.75. The number of esters is 1. The van der Waals surface area contributed by atoms with Crippen molar-refractivity contribution in [2.24, 2.45) is 0 Å². The van der Waals surface area contributed by atoms with Crippen LogP contribution in [0, 0.1) is 0 Å². The first-order chi connectivity index (χ1) is 8.04. The van der Waals surface area contributed by atoms with E-state index in [0.29, 0.717) is 13.2 Å². The molecule has 0 heterocycles. The molecule has 0 N–H and O–H groups in total. The molecule has 5 nitrogen and oxygen atoms in total. The van der Waals surface area contributed by atoms with Crippen molar-refractivity contribution in [3.63, 3.8) is 0 Å². The zero-order valence-electron chi connectivity index (χ0n) is 10.0. The maximum Gasteiger partial charge on any atom is 0.456 e. The van der Waals surface area contributed by atoms with E-state index < -0.39 is 12.1 Å². The molecular formula is C10H18F2O5. The highest BCUT2D eigenvalue weighted by atomic mass is 19.3. The number of hydrogen-bond acceptors (Lipinski definition) is 5. The maximum atomic E-state index is 12.9. The molecule has 0 atom stereocenters. The SMILES string of the molecule is CCOC(=O)C(F)(F)OCCCOCCOC. The van der Waals surface area contributed by atoms with E-state index in [-0.39, 0.29) is 26.2 Å². The van der Waals surface area contributed by atoms with E-state index in [9.17, 15) is 13.6 Å². The van der Waals surface area contributed by atoms with Gasteiger partial charge in [0.15, 0.2) is 0 Å². The number of halogens is 2. The fourth-order valence-electron chi connectivity index (χ4n) is 0.880. The van der Waals surface area contributed by atoms with Crippen LogP contribution in [0.3, 0.4) is 0 Å². The van der Waals surface area contributed by atoms with Crippen LogP contribution in [-0.2, 0) is 23.7 Å². The quantitative estimate of drug-likeness (QED) is 0.434. The number of methoxy groups -OCH3 is 1. The number of hydrogen-bond donors (Lipinski definition) is 0. The minimum Gasteiger partial charge on any atom is -0.460 e. The lowest BCUT2D eigenvalue weighted by Gasteiger charge is -2.14. The second kappa shape index (κ2) is 9.26. The number of rotatable bonds is 10. The predicted molar refractivity (Wildman–Crippen MR) is 54.8 cm³/mol. The Kier molecular flexibility index (Phi) is 8.83. The smallest absolute Gasteiger partial charge is 0.456 e. The van der Waals surface area contributed by atoms with Gasteiger partial charge in [-0.15, -0.1) is 0 Å². The molecule has 0 aliphatic carbocycles. The molecule has 0 radical (unpaired) electrons. The molecule has 102 valence electrons. The first kappa shape index (κ1) is 16.2. The Morgan fingerprint density at radius 3 is 2.47 bits per heavy atom. The fraction of sp³-hybridized carbons (Fsp3) is 0.900. The summed E-state index contributed by atoms with van der Waals surface area (Å²) in [5, 5.41) is 0. The Hall–Kier alpha value is -0.790. The summed E-state index contributed by atoms with van der Waals surface area (Å²) in [5.74, 6) is -1.67. The van der Waals surface area contributed by atoms with Crippen molar-refractivity contribution in [1.82, 2.24) is 0 Å². The Morgan fingerprint density at radius 1 is 1.18 bits per heavy atom. The van der Waals surface area contributed by atoms with Crippen molar-refractivity contribution in [3.8, 4) is 0 Å². The molecule has 0 bridgehead atoms. The van der Waals surface area contributed by atoms with Crippen LogP contribution in [0.4, 0.5) is 8.78 Å². The van der Waals surface area contributed by atoms with Crippen molar-refractivity contribution in [3.05, 3.63) is 0 Å². The first-order valence-electron chi connectivity index (χ1n) is 5.30. The molecule has 17 heavy (non-hydrogen) atoms. The average Bonchev–Trinajstić information content (AvgIpc) is 2.28. The lowest BCUT2D eigenvalue weighted by atomic mass is 10.5. The van der Waals surface area contributed by atoms with E-state index in [1.54, 1.807) is 0 Å². The summed E-state index contributed by atoms with van der Waals surface area (Å²) in [6, 6.07) is 0. The van der Waals surface area contributed by atoms with Gasteiger partial charge in [-0.25, -0.2) is 4.79 Å². The minimum atomic E-state index is -3.89. The molecule has 0 unspecified atom stereocenters. The van der Waals surface area contributed by atoms with Gasteiger partial charge in [0.1, 0.15) is 0 Å². The molecule has 0 amide bonds. The molecule has 0 aromatic carbocycles. The maximum absolute atomic E-state index is 12.9. The molecule has 0 aromatic heterocycles. The molecule has 0 fully saturated rings. The monoisotopic (exact) mass is 256 g/mol. The summed E-state index contributed by atoms with van der Waals surface area (Å²) in [6.07, 6.45) is -3.62. The van der Waals surface area contributed by atoms with Crippen molar-refractivity contribution >= 4 is 5.97 Å². The summed E-state index contributed by atoms with van der Waals surface area (Å²) in [7, 11) is 1.53. The molecule has 0 aromatic rings. The van der Waals surface area contributed by atoms with Gasteiger partial charge < -0.3 is 18.9 Å². The van der Waals surface area contributed by atoms with Gasteiger partial charge in [0.2, 0.25) is 0 Å². The van der Waals surface area contributed by atoms with Gasteiger partial charge in [0.05, 0.1) is 26.4 Å². The third-order valence-electron chi connectivity index (χ3n) is 1.66. The normalized spacial score (nSPS) is 11.5. The van der Waals surface area contributed by atoms with E-state index in [1.165, 1.54) is 14.0 Å². The molecule has 0 saturated carbocycles. The first-order valence-corrected chi connectivity index (χ1v) is 5.30. The molecule has 7 heteroatoms. The van der Waals surface area contributed by atoms with Crippen molar-refractivity contribution in [1.29, 1.82) is 0 Å². The second-order valence-corrected chi connectivity index (χ2v) is 3.04. The van der Waals surface area contributed by atoms with Gasteiger partial charge in [0.25, 0.3) is 0 Å². The predicted octanol–water partition coefficient (Wildman–Crippen LogP) is 1.21. The summed E-state index contributed by atoms with van der Waals surface area (Å²) in [4.78, 5) is 10.7. The van der Waals surface area contributed by atoms with Crippen LogP contribution in [-0.4, -0.2) is 52.2 Å². The van der Waals surface area contributed by atoms with Gasteiger partial charge in [-0.05, 0) is 13.3 Å². The lowest BCUT2D eigenvalue weighted by molar-refractivity contribution is -0.250. The third kappa shape index (κ3) is 8.00. The minimum absolute atomic E-state index is 0.113. The lowest BCUT2D eigenvalue weighted by Crippen LogP contribution is -2.34. The van der Waals surface area contributed by atoms with Crippen LogP contribution in [0.1, 0.15) is 13.3 Å². The van der Waals surface area contributed by atoms with Gasteiger partial charge in [-0.2, -0.15) is 8.78 Å². The standard InChI is InChI=1S/C10H18F2O5/c1-3-16-9(13)10(11,12)17-6-4-5-15-8-7-14-2/h3-8H2,1-2H3. The van der Waals surface area contributed by atoms with Crippen molar-refractivity contribution in [2.75, 3.05) is 40.1 Å². The van der Waals surface area contributed by atoms with E-state index in [2.05, 4.69) is 9.47 Å². The van der Waals surface area contributed by atoms with E-state index in [1.807, 2.05) is 0 Å². The molecule has 0 rings (SSSR count). The van der Waals surface area contributed by atoms with Crippen LogP contribution in [0.5, 0.6) is 0 Å². The summed E-state index contributed by atoms with van der Waals surface area (Å²) in [6.45, 7) is 2.15. The van der Waals surface area contributed by atoms with Crippen molar-refractivity contribution in [2.45, 2.75) is 19.5 Å². The van der Waals surface area contributed by atoms with Gasteiger partial charge >= 0.3 is 12.1 Å². The number of alkyl halides is 2. The molecular weight excluding hydrogens is 238 g/mol. The van der Waals surface area contributed by atoms with E-state index in [0.717, 1.165) is 0 Å². The number of carbonyl (C=O) groups excluding carboxylic acids is 1. The molecule has 0 aliphatic heterocycles. The molecule has 0 aliphatic rings. The topological polar surface area (TPSA) is 54.0 Å². The van der Waals surface area contributed by atoms with E-state index in [4.69, 9.17) is 9.47 Å². The zero-order chi connectivity index (χ0) is 13.1. The highest BCUT2D eigenvalue weighted by Gasteiger charge is 2.42.